The van der Waals surface area contributed by atoms with Crippen LogP contribution in [0.5, 0.6) is 11.5 Å². The molecule has 142 valence electrons. The second-order valence-electron chi connectivity index (χ2n) is 5.34. The zero-order chi connectivity index (χ0) is 19.8. The van der Waals surface area contributed by atoms with Crippen LogP contribution in [0.4, 0.5) is 0 Å². The summed E-state index contributed by atoms with van der Waals surface area (Å²) in [7, 11) is 2.93. The Labute approximate surface area is 164 Å². The van der Waals surface area contributed by atoms with Crippen molar-refractivity contribution in [3.05, 3.63) is 58.1 Å². The highest BCUT2D eigenvalue weighted by Crippen LogP contribution is 2.24. The molecule has 0 aliphatic heterocycles. The zero-order valence-corrected chi connectivity index (χ0v) is 16.4. The summed E-state index contributed by atoms with van der Waals surface area (Å²) < 4.78 is 15.9. The Hall–Kier alpha value is -2.87. The molecule has 2 aromatic rings. The van der Waals surface area contributed by atoms with Crippen LogP contribution in [0.2, 0.25) is 0 Å². The molecule has 0 bridgehead atoms. The molecule has 0 saturated heterocycles. The molecule has 2 rings (SSSR count). The van der Waals surface area contributed by atoms with E-state index >= 15 is 0 Å². The molecule has 27 heavy (non-hydrogen) atoms. The van der Waals surface area contributed by atoms with Gasteiger partial charge in [-0.3, -0.25) is 14.4 Å². The second-order valence-corrected chi connectivity index (χ2v) is 6.26. The fraction of sp³-hybridized carbons (Fsp3) is 0.211. The number of ketones is 1. The van der Waals surface area contributed by atoms with Gasteiger partial charge in [-0.2, -0.15) is 0 Å². The Morgan fingerprint density at radius 1 is 1.04 bits per heavy atom. The van der Waals surface area contributed by atoms with Crippen LogP contribution in [0.15, 0.2) is 46.9 Å². The van der Waals surface area contributed by atoms with Gasteiger partial charge in [0.2, 0.25) is 5.78 Å². The summed E-state index contributed by atoms with van der Waals surface area (Å²) >= 11 is 3.27. The highest BCUT2D eigenvalue weighted by Gasteiger charge is 2.16. The van der Waals surface area contributed by atoms with Crippen LogP contribution in [0, 0.1) is 0 Å². The van der Waals surface area contributed by atoms with Crippen molar-refractivity contribution >= 4 is 33.6 Å². The topological polar surface area (TPSA) is 90.9 Å². The normalized spacial score (nSPS) is 10.0. The molecule has 0 aliphatic carbocycles. The molecule has 2 aromatic carbocycles. The third-order valence-electron chi connectivity index (χ3n) is 3.55. The van der Waals surface area contributed by atoms with Crippen molar-refractivity contribution in [2.45, 2.75) is 0 Å². The number of nitrogens with one attached hydrogen (secondary N) is 1. The first-order valence-electron chi connectivity index (χ1n) is 7.89. The van der Waals surface area contributed by atoms with Gasteiger partial charge in [0.25, 0.3) is 5.91 Å². The third-order valence-corrected chi connectivity index (χ3v) is 4.05. The van der Waals surface area contributed by atoms with Gasteiger partial charge in [0.15, 0.2) is 6.61 Å². The minimum absolute atomic E-state index is 0.268. The lowest BCUT2D eigenvalue weighted by molar-refractivity contribution is -0.141. The molecule has 0 unspecified atom stereocenters. The van der Waals surface area contributed by atoms with Gasteiger partial charge in [-0.1, -0.05) is 22.0 Å². The van der Waals surface area contributed by atoms with E-state index in [0.29, 0.717) is 17.1 Å². The highest BCUT2D eigenvalue weighted by molar-refractivity contribution is 9.10. The number of esters is 1. The highest BCUT2D eigenvalue weighted by atomic mass is 79.9. The van der Waals surface area contributed by atoms with Gasteiger partial charge in [-0.05, 0) is 30.3 Å². The van der Waals surface area contributed by atoms with Crippen LogP contribution in [-0.2, 0) is 9.53 Å². The maximum atomic E-state index is 12.2. The summed E-state index contributed by atoms with van der Waals surface area (Å²) in [6, 6.07) is 11.4. The fourth-order valence-electron chi connectivity index (χ4n) is 2.19. The molecule has 0 aliphatic rings. The lowest BCUT2D eigenvalue weighted by Gasteiger charge is -2.10. The third kappa shape index (κ3) is 5.82. The molecule has 7 nitrogen and oxygen atoms in total. The monoisotopic (exact) mass is 435 g/mol. The van der Waals surface area contributed by atoms with E-state index in [1.54, 1.807) is 36.4 Å². The van der Waals surface area contributed by atoms with E-state index in [9.17, 15) is 14.4 Å². The number of methoxy groups -OCH3 is 2. The van der Waals surface area contributed by atoms with Crippen LogP contribution in [-0.4, -0.2) is 45.0 Å². The average molecular weight is 436 g/mol. The van der Waals surface area contributed by atoms with Gasteiger partial charge < -0.3 is 19.5 Å². The van der Waals surface area contributed by atoms with Crippen molar-refractivity contribution in [3.63, 3.8) is 0 Å². The number of halogens is 1. The van der Waals surface area contributed by atoms with Crippen molar-refractivity contribution in [2.75, 3.05) is 27.4 Å². The lowest BCUT2D eigenvalue weighted by Crippen LogP contribution is -2.31. The molecule has 0 spiro atoms. The Morgan fingerprint density at radius 3 is 2.48 bits per heavy atom. The number of ether oxygens (including phenoxy) is 3. The van der Waals surface area contributed by atoms with E-state index in [2.05, 4.69) is 21.2 Å². The number of rotatable bonds is 8. The van der Waals surface area contributed by atoms with Crippen LogP contribution < -0.4 is 14.8 Å². The number of benzene rings is 2. The van der Waals surface area contributed by atoms with Crippen molar-refractivity contribution in [3.8, 4) is 11.5 Å². The molecule has 0 saturated carbocycles. The number of amides is 1. The predicted molar refractivity (Wildman–Crippen MR) is 101 cm³/mol. The van der Waals surface area contributed by atoms with Crippen LogP contribution in [0.25, 0.3) is 0 Å². The lowest BCUT2D eigenvalue weighted by atomic mass is 10.1. The van der Waals surface area contributed by atoms with Gasteiger partial charge in [0, 0.05) is 16.1 Å². The van der Waals surface area contributed by atoms with Gasteiger partial charge in [0.05, 0.1) is 19.8 Å². The second kappa shape index (κ2) is 9.72. The SMILES string of the molecule is COc1ccc(C(=O)COC(=O)CNC(=O)c2cccc(Br)c2)c(OC)c1. The van der Waals surface area contributed by atoms with Crippen LogP contribution in [0.1, 0.15) is 20.7 Å². The summed E-state index contributed by atoms with van der Waals surface area (Å²) in [5, 5.41) is 2.44. The Bertz CT molecular complexity index is 852. The summed E-state index contributed by atoms with van der Waals surface area (Å²) in [6.07, 6.45) is 0. The Balaban J connectivity index is 1.86. The van der Waals surface area contributed by atoms with Crippen LogP contribution >= 0.6 is 15.9 Å². The summed E-state index contributed by atoms with van der Waals surface area (Å²) in [5.41, 5.74) is 0.667. The van der Waals surface area contributed by atoms with Gasteiger partial charge in [0.1, 0.15) is 18.0 Å². The fourth-order valence-corrected chi connectivity index (χ4v) is 2.59. The first-order valence-corrected chi connectivity index (χ1v) is 8.68. The summed E-state index contributed by atoms with van der Waals surface area (Å²) in [5.74, 6) is -0.717. The van der Waals surface area contributed by atoms with Crippen molar-refractivity contribution in [1.82, 2.24) is 5.32 Å². The average Bonchev–Trinajstić information content (AvgIpc) is 2.69. The molecular formula is C19H18BrNO6. The minimum Gasteiger partial charge on any atom is -0.497 e. The molecule has 8 heteroatoms. The number of hydrogen-bond acceptors (Lipinski definition) is 6. The molecule has 0 heterocycles. The van der Waals surface area contributed by atoms with E-state index in [-0.39, 0.29) is 12.1 Å². The maximum Gasteiger partial charge on any atom is 0.325 e. The van der Waals surface area contributed by atoms with Crippen molar-refractivity contribution in [1.29, 1.82) is 0 Å². The molecule has 0 fully saturated rings. The van der Waals surface area contributed by atoms with Gasteiger partial charge >= 0.3 is 5.97 Å². The number of carbonyl (C=O) groups is 3. The van der Waals surface area contributed by atoms with Crippen LogP contribution in [0.3, 0.4) is 0 Å². The minimum atomic E-state index is -0.723. The molecule has 1 N–H and O–H groups in total. The number of carbonyl (C=O) groups excluding carboxylic acids is 3. The Morgan fingerprint density at radius 2 is 1.81 bits per heavy atom. The first-order chi connectivity index (χ1) is 12.9. The van der Waals surface area contributed by atoms with E-state index in [4.69, 9.17) is 14.2 Å². The standard InChI is InChI=1S/C19H18BrNO6/c1-25-14-6-7-15(17(9-14)26-2)16(22)11-27-18(23)10-21-19(24)12-4-3-5-13(20)8-12/h3-9H,10-11H2,1-2H3,(H,21,24). The number of hydrogen-bond donors (Lipinski definition) is 1. The number of Topliss-reactive ketones (excluding diaryl/α,β-unsaturated/α-hetero) is 1. The van der Waals surface area contributed by atoms with Gasteiger partial charge in [-0.15, -0.1) is 0 Å². The van der Waals surface area contributed by atoms with E-state index in [1.807, 2.05) is 0 Å². The van der Waals surface area contributed by atoms with Crippen molar-refractivity contribution < 1.29 is 28.6 Å². The molecule has 0 aromatic heterocycles. The van der Waals surface area contributed by atoms with E-state index in [1.165, 1.54) is 20.3 Å². The molecule has 0 atom stereocenters. The Kier molecular flexibility index (Phi) is 7.36. The molecule has 0 radical (unpaired) electrons. The zero-order valence-electron chi connectivity index (χ0n) is 14.8. The maximum absolute atomic E-state index is 12.2. The smallest absolute Gasteiger partial charge is 0.325 e. The molecular weight excluding hydrogens is 418 g/mol. The van der Waals surface area contributed by atoms with E-state index in [0.717, 1.165) is 4.47 Å². The largest absolute Gasteiger partial charge is 0.497 e. The summed E-state index contributed by atoms with van der Waals surface area (Å²) in [4.78, 5) is 36.0. The first kappa shape index (κ1) is 20.4. The van der Waals surface area contributed by atoms with Gasteiger partial charge in [-0.25, -0.2) is 0 Å². The predicted octanol–water partition coefficient (Wildman–Crippen LogP) is 2.62. The summed E-state index contributed by atoms with van der Waals surface area (Å²) in [6.45, 7) is -0.813. The molecule has 1 amide bonds. The van der Waals surface area contributed by atoms with Crippen molar-refractivity contribution in [2.24, 2.45) is 0 Å². The quantitative estimate of drug-likeness (QED) is 0.506. The van der Waals surface area contributed by atoms with E-state index < -0.39 is 24.3 Å².